The van der Waals surface area contributed by atoms with Crippen molar-refractivity contribution in [1.82, 2.24) is 0 Å². The number of carbonyl (C=O) groups is 2. The van der Waals surface area contributed by atoms with Crippen LogP contribution in [0.25, 0.3) is 0 Å². The molecule has 0 aliphatic heterocycles. The number of hydrogen-bond donors (Lipinski definition) is 2. The van der Waals surface area contributed by atoms with Crippen LogP contribution in [0.2, 0.25) is 0 Å². The summed E-state index contributed by atoms with van der Waals surface area (Å²) >= 11 is 0. The van der Waals surface area contributed by atoms with E-state index in [1.807, 2.05) is 18.2 Å². The summed E-state index contributed by atoms with van der Waals surface area (Å²) in [5.74, 6) is 0.538. The lowest BCUT2D eigenvalue weighted by molar-refractivity contribution is 0.143. The average Bonchev–Trinajstić information content (AvgIpc) is 2.74. The molecule has 0 spiro atoms. The molecular formula is C20H20O6. The third kappa shape index (κ3) is 3.10. The van der Waals surface area contributed by atoms with Gasteiger partial charge in [0.15, 0.2) is 0 Å². The Morgan fingerprint density at radius 3 is 1.96 bits per heavy atom. The summed E-state index contributed by atoms with van der Waals surface area (Å²) in [6, 6.07) is 12.3. The van der Waals surface area contributed by atoms with Crippen molar-refractivity contribution in [3.8, 4) is 11.5 Å². The molecule has 1 atom stereocenters. The quantitative estimate of drug-likeness (QED) is 0.607. The Bertz CT molecular complexity index is 868. The van der Waals surface area contributed by atoms with Gasteiger partial charge in [-0.05, 0) is 52.8 Å². The van der Waals surface area contributed by atoms with Crippen LogP contribution in [0.15, 0.2) is 42.5 Å². The zero-order chi connectivity index (χ0) is 19.1. The fourth-order valence-corrected chi connectivity index (χ4v) is 4.06. The highest BCUT2D eigenvalue weighted by Crippen LogP contribution is 2.53. The van der Waals surface area contributed by atoms with E-state index in [1.165, 1.54) is 0 Å². The highest BCUT2D eigenvalue weighted by atomic mass is 16.7. The molecule has 0 amide bonds. The predicted octanol–water partition coefficient (Wildman–Crippen LogP) is 4.79. The Kier molecular flexibility index (Phi) is 4.14. The highest BCUT2D eigenvalue weighted by molar-refractivity contribution is 5.63. The second-order valence-corrected chi connectivity index (χ2v) is 7.36. The minimum atomic E-state index is -1.35. The van der Waals surface area contributed by atoms with Crippen LogP contribution in [0.5, 0.6) is 11.5 Å². The number of rotatable bonds is 3. The topological polar surface area (TPSA) is 93.1 Å². The molecule has 6 nitrogen and oxygen atoms in total. The van der Waals surface area contributed by atoms with Crippen LogP contribution >= 0.6 is 0 Å². The number of ether oxygens (including phenoxy) is 2. The summed E-state index contributed by atoms with van der Waals surface area (Å²) < 4.78 is 9.50. The predicted molar refractivity (Wildman–Crippen MR) is 94.3 cm³/mol. The van der Waals surface area contributed by atoms with Crippen molar-refractivity contribution in [1.29, 1.82) is 0 Å². The normalized spacial score (nSPS) is 20.3. The molecule has 1 unspecified atom stereocenters. The van der Waals surface area contributed by atoms with Crippen molar-refractivity contribution in [2.45, 2.75) is 38.0 Å². The van der Waals surface area contributed by atoms with E-state index < -0.39 is 12.3 Å². The number of fused-ring (bicyclic) bond motifs is 1. The van der Waals surface area contributed by atoms with Crippen molar-refractivity contribution in [3.05, 3.63) is 59.2 Å². The minimum Gasteiger partial charge on any atom is -0.449 e. The first-order valence-electron chi connectivity index (χ1n) is 8.19. The molecule has 0 radical (unpaired) electrons. The number of benzene rings is 2. The molecule has 2 aromatic rings. The standard InChI is InChI=1S/C20H20O6/c1-19(2)11-20(3,12-4-6-13(7-5-12)25-17(21)22)16-10-14(26-18(23)24)8-9-15(16)19/h4-10H,11H2,1-3H3,(H,21,22)(H,23,24). The van der Waals surface area contributed by atoms with Crippen LogP contribution in [0.4, 0.5) is 9.59 Å². The minimum absolute atomic E-state index is 0.0952. The first-order valence-corrected chi connectivity index (χ1v) is 8.19. The number of carboxylic acid groups (broad SMARTS) is 2. The molecule has 2 aromatic carbocycles. The van der Waals surface area contributed by atoms with Gasteiger partial charge in [-0.25, -0.2) is 9.59 Å². The number of hydrogen-bond acceptors (Lipinski definition) is 4. The van der Waals surface area contributed by atoms with E-state index in [4.69, 9.17) is 14.9 Å². The lowest BCUT2D eigenvalue weighted by atomic mass is 9.75. The van der Waals surface area contributed by atoms with E-state index in [1.54, 1.807) is 24.3 Å². The lowest BCUT2D eigenvalue weighted by Crippen LogP contribution is -2.23. The molecular weight excluding hydrogens is 336 g/mol. The fourth-order valence-electron chi connectivity index (χ4n) is 4.06. The molecule has 0 heterocycles. The maximum absolute atomic E-state index is 10.9. The third-order valence-electron chi connectivity index (χ3n) is 5.01. The van der Waals surface area contributed by atoms with E-state index in [-0.39, 0.29) is 22.3 Å². The summed E-state index contributed by atoms with van der Waals surface area (Å²) in [7, 11) is 0. The van der Waals surface area contributed by atoms with Gasteiger partial charge < -0.3 is 19.7 Å². The smallest absolute Gasteiger partial charge is 0.449 e. The molecule has 2 N–H and O–H groups in total. The van der Waals surface area contributed by atoms with Gasteiger partial charge in [0.05, 0.1) is 0 Å². The van der Waals surface area contributed by atoms with Gasteiger partial charge in [0.2, 0.25) is 0 Å². The Morgan fingerprint density at radius 2 is 1.38 bits per heavy atom. The first kappa shape index (κ1) is 17.8. The maximum atomic E-state index is 10.9. The SMILES string of the molecule is CC1(C)CC(C)(c2ccc(OC(=O)O)cc2)c2cc(OC(=O)O)ccc21. The van der Waals surface area contributed by atoms with E-state index in [9.17, 15) is 9.59 Å². The fraction of sp³-hybridized carbons (Fsp3) is 0.300. The zero-order valence-corrected chi connectivity index (χ0v) is 14.8. The zero-order valence-electron chi connectivity index (χ0n) is 14.8. The van der Waals surface area contributed by atoms with Gasteiger partial charge in [0.25, 0.3) is 0 Å². The van der Waals surface area contributed by atoms with Gasteiger partial charge in [0.1, 0.15) is 11.5 Å². The molecule has 0 saturated carbocycles. The molecule has 6 heteroatoms. The third-order valence-corrected chi connectivity index (χ3v) is 5.01. The van der Waals surface area contributed by atoms with E-state index in [0.29, 0.717) is 0 Å². The molecule has 26 heavy (non-hydrogen) atoms. The Hall–Kier alpha value is -3.02. The second-order valence-electron chi connectivity index (χ2n) is 7.36. The molecule has 0 aromatic heterocycles. The summed E-state index contributed by atoms with van der Waals surface area (Å²) in [6.07, 6.45) is -1.88. The molecule has 3 rings (SSSR count). The van der Waals surface area contributed by atoms with Crippen molar-refractivity contribution >= 4 is 12.3 Å². The molecule has 0 fully saturated rings. The van der Waals surface area contributed by atoms with Gasteiger partial charge in [-0.3, -0.25) is 0 Å². The van der Waals surface area contributed by atoms with Crippen LogP contribution in [-0.2, 0) is 10.8 Å². The second kappa shape index (κ2) is 6.05. The maximum Gasteiger partial charge on any atom is 0.511 e. The lowest BCUT2D eigenvalue weighted by Gasteiger charge is -2.28. The van der Waals surface area contributed by atoms with Crippen molar-refractivity contribution in [3.63, 3.8) is 0 Å². The first-order chi connectivity index (χ1) is 12.1. The van der Waals surface area contributed by atoms with Crippen LogP contribution in [-0.4, -0.2) is 22.5 Å². The summed E-state index contributed by atoms with van der Waals surface area (Å²) in [6.45, 7) is 6.39. The highest BCUT2D eigenvalue weighted by Gasteiger charge is 2.45. The summed E-state index contributed by atoms with van der Waals surface area (Å²) in [5.41, 5.74) is 2.69. The van der Waals surface area contributed by atoms with Crippen molar-refractivity contribution < 1.29 is 29.3 Å². The van der Waals surface area contributed by atoms with Crippen LogP contribution in [0.3, 0.4) is 0 Å². The molecule has 1 aliphatic rings. The molecule has 0 bridgehead atoms. The average molecular weight is 356 g/mol. The molecule has 136 valence electrons. The largest absolute Gasteiger partial charge is 0.511 e. The van der Waals surface area contributed by atoms with E-state index in [0.717, 1.165) is 23.1 Å². The van der Waals surface area contributed by atoms with Crippen LogP contribution < -0.4 is 9.47 Å². The van der Waals surface area contributed by atoms with Crippen molar-refractivity contribution in [2.75, 3.05) is 0 Å². The Balaban J connectivity index is 2.05. The van der Waals surface area contributed by atoms with E-state index >= 15 is 0 Å². The van der Waals surface area contributed by atoms with Gasteiger partial charge in [0, 0.05) is 5.41 Å². The molecule has 1 aliphatic carbocycles. The van der Waals surface area contributed by atoms with E-state index in [2.05, 4.69) is 25.5 Å². The van der Waals surface area contributed by atoms with Gasteiger partial charge in [-0.2, -0.15) is 0 Å². The molecule has 0 saturated heterocycles. The van der Waals surface area contributed by atoms with Gasteiger partial charge in [-0.15, -0.1) is 0 Å². The van der Waals surface area contributed by atoms with Crippen LogP contribution in [0.1, 0.15) is 43.9 Å². The summed E-state index contributed by atoms with van der Waals surface area (Å²) in [5, 5.41) is 17.6. The van der Waals surface area contributed by atoms with Crippen molar-refractivity contribution in [2.24, 2.45) is 0 Å². The van der Waals surface area contributed by atoms with Crippen LogP contribution in [0, 0.1) is 0 Å². The monoisotopic (exact) mass is 356 g/mol. The van der Waals surface area contributed by atoms with Gasteiger partial charge >= 0.3 is 12.3 Å². The summed E-state index contributed by atoms with van der Waals surface area (Å²) in [4.78, 5) is 21.5. The Labute approximate surface area is 151 Å². The van der Waals surface area contributed by atoms with Gasteiger partial charge in [-0.1, -0.05) is 39.0 Å². The Morgan fingerprint density at radius 1 is 0.846 bits per heavy atom.